The predicted molar refractivity (Wildman–Crippen MR) is 62.1 cm³/mol. The lowest BCUT2D eigenvalue weighted by Crippen LogP contribution is -2.33. The number of amides is 1. The zero-order chi connectivity index (χ0) is 12.6. The van der Waals surface area contributed by atoms with Gasteiger partial charge in [0.25, 0.3) is 0 Å². The first-order valence-electron chi connectivity index (χ1n) is 5.58. The Morgan fingerprint density at radius 3 is 2.71 bits per heavy atom. The van der Waals surface area contributed by atoms with E-state index >= 15 is 0 Å². The predicted octanol–water partition coefficient (Wildman–Crippen LogP) is 2.52. The summed E-state index contributed by atoms with van der Waals surface area (Å²) in [6, 6.07) is 2.13. The maximum absolute atomic E-state index is 13.3. The van der Waals surface area contributed by atoms with Crippen molar-refractivity contribution in [2.24, 2.45) is 0 Å². The van der Waals surface area contributed by atoms with Crippen molar-refractivity contribution < 1.29 is 13.6 Å². The average molecular weight is 240 g/mol. The van der Waals surface area contributed by atoms with Gasteiger partial charge in [-0.25, -0.2) is 8.78 Å². The smallest absolute Gasteiger partial charge is 0.226 e. The van der Waals surface area contributed by atoms with E-state index in [0.29, 0.717) is 24.3 Å². The fourth-order valence-electron chi connectivity index (χ4n) is 2.17. The molecule has 1 aliphatic rings. The van der Waals surface area contributed by atoms with Gasteiger partial charge in [-0.05, 0) is 13.8 Å². The summed E-state index contributed by atoms with van der Waals surface area (Å²) in [5.41, 5.74) is 0.866. The lowest BCUT2D eigenvalue weighted by molar-refractivity contribution is -0.116. The van der Waals surface area contributed by atoms with Crippen molar-refractivity contribution in [1.82, 2.24) is 0 Å². The first-order valence-corrected chi connectivity index (χ1v) is 5.58. The Labute approximate surface area is 98.4 Å². The number of anilines is 2. The van der Waals surface area contributed by atoms with Crippen molar-refractivity contribution in [1.29, 1.82) is 0 Å². The Morgan fingerprint density at radius 2 is 2.06 bits per heavy atom. The lowest BCUT2D eigenvalue weighted by Gasteiger charge is -2.28. The molecule has 1 amide bonds. The van der Waals surface area contributed by atoms with Crippen LogP contribution in [0.5, 0.6) is 0 Å². The molecule has 0 saturated heterocycles. The Balaban J connectivity index is 2.55. The molecule has 0 bridgehead atoms. The Morgan fingerprint density at radius 1 is 1.41 bits per heavy atom. The largest absolute Gasteiger partial charge is 0.367 e. The van der Waals surface area contributed by atoms with Crippen LogP contribution in [0.15, 0.2) is 12.1 Å². The summed E-state index contributed by atoms with van der Waals surface area (Å²) in [5.74, 6) is -2.03. The highest BCUT2D eigenvalue weighted by molar-refractivity contribution is 5.96. The molecule has 2 rings (SSSR count). The minimum Gasteiger partial charge on any atom is -0.367 e. The van der Waals surface area contributed by atoms with Gasteiger partial charge in [0.15, 0.2) is 11.6 Å². The van der Waals surface area contributed by atoms with Crippen molar-refractivity contribution in [3.63, 3.8) is 0 Å². The quantitative estimate of drug-likeness (QED) is 0.818. The van der Waals surface area contributed by atoms with Crippen LogP contribution >= 0.6 is 0 Å². The summed E-state index contributed by atoms with van der Waals surface area (Å²) in [6.07, 6.45) is 0.311. The third kappa shape index (κ3) is 2.09. The van der Waals surface area contributed by atoms with Crippen LogP contribution < -0.4 is 10.2 Å². The molecule has 0 aliphatic carbocycles. The van der Waals surface area contributed by atoms with Crippen molar-refractivity contribution in [2.45, 2.75) is 26.3 Å². The molecule has 1 aliphatic heterocycles. The molecular weight excluding hydrogens is 226 g/mol. The van der Waals surface area contributed by atoms with Crippen LogP contribution in [0, 0.1) is 11.6 Å². The number of hydrogen-bond donors (Lipinski definition) is 1. The Hall–Kier alpha value is -1.65. The molecule has 17 heavy (non-hydrogen) atoms. The van der Waals surface area contributed by atoms with Gasteiger partial charge in [-0.1, -0.05) is 0 Å². The molecule has 0 spiro atoms. The van der Waals surface area contributed by atoms with Crippen LogP contribution in [0.3, 0.4) is 0 Å². The molecule has 1 aromatic rings. The second-order valence-corrected chi connectivity index (χ2v) is 4.17. The van der Waals surface area contributed by atoms with Crippen LogP contribution in [0.25, 0.3) is 0 Å². The second kappa shape index (κ2) is 4.31. The van der Waals surface area contributed by atoms with Gasteiger partial charge in [-0.15, -0.1) is 0 Å². The second-order valence-electron chi connectivity index (χ2n) is 4.17. The van der Waals surface area contributed by atoms with Crippen LogP contribution in [-0.2, 0) is 4.79 Å². The lowest BCUT2D eigenvalue weighted by atomic mass is 10.2. The van der Waals surface area contributed by atoms with Gasteiger partial charge in [-0.2, -0.15) is 0 Å². The van der Waals surface area contributed by atoms with Gasteiger partial charge < -0.3 is 10.2 Å². The molecule has 0 saturated carbocycles. The number of carbonyl (C=O) groups is 1. The summed E-state index contributed by atoms with van der Waals surface area (Å²) in [6.45, 7) is 4.44. The number of rotatable bonds is 1. The molecule has 0 radical (unpaired) electrons. The number of nitrogens with zero attached hydrogens (tertiary/aromatic N) is 1. The van der Waals surface area contributed by atoms with E-state index < -0.39 is 11.6 Å². The maximum atomic E-state index is 13.3. The first-order chi connectivity index (χ1) is 8.02. The topological polar surface area (TPSA) is 32.3 Å². The van der Waals surface area contributed by atoms with Crippen molar-refractivity contribution in [3.05, 3.63) is 23.8 Å². The average Bonchev–Trinajstić information content (AvgIpc) is 2.35. The fourth-order valence-corrected chi connectivity index (χ4v) is 2.17. The molecule has 1 unspecified atom stereocenters. The summed E-state index contributed by atoms with van der Waals surface area (Å²) < 4.78 is 26.4. The first kappa shape index (κ1) is 11.8. The number of nitrogens with one attached hydrogen (secondary N) is 1. The van der Waals surface area contributed by atoms with Crippen LogP contribution in [0.2, 0.25) is 0 Å². The maximum Gasteiger partial charge on any atom is 0.226 e. The number of hydrogen-bond acceptors (Lipinski definition) is 2. The van der Waals surface area contributed by atoms with E-state index in [-0.39, 0.29) is 11.9 Å². The zero-order valence-electron chi connectivity index (χ0n) is 9.76. The molecule has 0 fully saturated rings. The van der Waals surface area contributed by atoms with Crippen molar-refractivity contribution >= 4 is 17.3 Å². The number of halogens is 2. The minimum atomic E-state index is -0.949. The van der Waals surface area contributed by atoms with Crippen LogP contribution in [0.1, 0.15) is 20.3 Å². The normalized spacial score (nSPS) is 19.6. The molecule has 5 heteroatoms. The highest BCUT2D eigenvalue weighted by Crippen LogP contribution is 2.33. The van der Waals surface area contributed by atoms with E-state index in [4.69, 9.17) is 0 Å². The SMILES string of the molecule is CCN1c2cc(F)c(F)cc2NC(=O)CC1C. The van der Waals surface area contributed by atoms with Gasteiger partial charge in [0.05, 0.1) is 11.4 Å². The van der Waals surface area contributed by atoms with Gasteiger partial charge >= 0.3 is 0 Å². The van der Waals surface area contributed by atoms with Crippen molar-refractivity contribution in [3.8, 4) is 0 Å². The van der Waals surface area contributed by atoms with Gasteiger partial charge in [-0.3, -0.25) is 4.79 Å². The molecule has 1 atom stereocenters. The van der Waals surface area contributed by atoms with Gasteiger partial charge in [0.2, 0.25) is 5.91 Å². The van der Waals surface area contributed by atoms with E-state index in [1.807, 2.05) is 18.7 Å². The van der Waals surface area contributed by atoms with E-state index in [1.54, 1.807) is 0 Å². The van der Waals surface area contributed by atoms with E-state index in [1.165, 1.54) is 0 Å². The molecule has 92 valence electrons. The molecule has 1 aromatic carbocycles. The number of benzene rings is 1. The molecule has 1 N–H and O–H groups in total. The highest BCUT2D eigenvalue weighted by atomic mass is 19.2. The third-order valence-electron chi connectivity index (χ3n) is 2.98. The molecular formula is C12H14F2N2O. The summed E-state index contributed by atoms with van der Waals surface area (Å²) >= 11 is 0. The van der Waals surface area contributed by atoms with Crippen LogP contribution in [0.4, 0.5) is 20.2 Å². The van der Waals surface area contributed by atoms with E-state index in [0.717, 1.165) is 12.1 Å². The van der Waals surface area contributed by atoms with Crippen molar-refractivity contribution in [2.75, 3.05) is 16.8 Å². The molecule has 1 heterocycles. The monoisotopic (exact) mass is 240 g/mol. The minimum absolute atomic E-state index is 0.0360. The Kier molecular flexibility index (Phi) is 3.00. The summed E-state index contributed by atoms with van der Waals surface area (Å²) in [7, 11) is 0. The summed E-state index contributed by atoms with van der Waals surface area (Å²) in [4.78, 5) is 13.4. The zero-order valence-corrected chi connectivity index (χ0v) is 9.76. The van der Waals surface area contributed by atoms with Crippen LogP contribution in [-0.4, -0.2) is 18.5 Å². The van der Waals surface area contributed by atoms with E-state index in [9.17, 15) is 13.6 Å². The molecule has 3 nitrogen and oxygen atoms in total. The number of carbonyl (C=O) groups excluding carboxylic acids is 1. The van der Waals surface area contributed by atoms with Gasteiger partial charge in [0.1, 0.15) is 0 Å². The highest BCUT2D eigenvalue weighted by Gasteiger charge is 2.25. The summed E-state index contributed by atoms with van der Waals surface area (Å²) in [5, 5.41) is 2.60. The third-order valence-corrected chi connectivity index (χ3v) is 2.98. The fraction of sp³-hybridized carbons (Fsp3) is 0.417. The standard InChI is InChI=1S/C12H14F2N2O/c1-3-16-7(2)4-12(17)15-10-5-8(13)9(14)6-11(10)16/h5-7H,3-4H2,1-2H3,(H,15,17). The molecule has 0 aromatic heterocycles. The Bertz CT molecular complexity index is 462. The van der Waals surface area contributed by atoms with E-state index in [2.05, 4.69) is 5.32 Å². The van der Waals surface area contributed by atoms with Gasteiger partial charge in [0, 0.05) is 31.1 Å². The number of fused-ring (bicyclic) bond motifs is 1.